The van der Waals surface area contributed by atoms with Crippen LogP contribution in [0.15, 0.2) is 94.3 Å². The third-order valence-electron chi connectivity index (χ3n) is 6.77. The zero-order valence-corrected chi connectivity index (χ0v) is 23.7. The first kappa shape index (κ1) is 27.9. The lowest BCUT2D eigenvalue weighted by Gasteiger charge is -2.32. The minimum Gasteiger partial charge on any atom is -0.352 e. The largest absolute Gasteiger partial charge is 0.352 e. The second-order valence-corrected chi connectivity index (χ2v) is 12.3. The lowest BCUT2D eigenvalue weighted by Crippen LogP contribution is -2.52. The molecule has 0 heterocycles. The highest BCUT2D eigenvalue weighted by Gasteiger charge is 2.33. The van der Waals surface area contributed by atoms with Crippen molar-refractivity contribution >= 4 is 43.5 Å². The van der Waals surface area contributed by atoms with Gasteiger partial charge in [-0.25, -0.2) is 8.42 Å². The van der Waals surface area contributed by atoms with Gasteiger partial charge in [-0.2, -0.15) is 0 Å². The van der Waals surface area contributed by atoms with Crippen molar-refractivity contribution in [3.05, 3.63) is 95.0 Å². The van der Waals surface area contributed by atoms with E-state index < -0.39 is 28.5 Å². The van der Waals surface area contributed by atoms with Gasteiger partial charge in [0.1, 0.15) is 12.6 Å². The molecular weight excluding hydrogens is 566 g/mol. The van der Waals surface area contributed by atoms with Gasteiger partial charge in [-0.15, -0.1) is 0 Å². The molecule has 0 radical (unpaired) electrons. The molecule has 1 atom stereocenters. The molecule has 2 amide bonds. The number of para-hydroxylation sites is 1. The Morgan fingerprint density at radius 2 is 1.58 bits per heavy atom. The number of nitrogens with zero attached hydrogens (tertiary/aromatic N) is 2. The summed E-state index contributed by atoms with van der Waals surface area (Å²) in [6, 6.07) is 23.4. The lowest BCUT2D eigenvalue weighted by molar-refractivity contribution is -0.139. The van der Waals surface area contributed by atoms with Crippen LogP contribution < -0.4 is 9.62 Å². The van der Waals surface area contributed by atoms with E-state index in [0.29, 0.717) is 5.69 Å². The third-order valence-corrected chi connectivity index (χ3v) is 9.05. The zero-order chi connectivity index (χ0) is 27.1. The molecule has 9 heteroatoms. The van der Waals surface area contributed by atoms with Gasteiger partial charge in [0.05, 0.1) is 10.6 Å². The normalized spacial score (nSPS) is 14.6. The molecule has 0 aromatic heterocycles. The van der Waals surface area contributed by atoms with Crippen LogP contribution in [0.1, 0.15) is 38.2 Å². The number of amides is 2. The Labute approximate surface area is 233 Å². The van der Waals surface area contributed by atoms with E-state index in [1.54, 1.807) is 55.5 Å². The predicted octanol–water partition coefficient (Wildman–Crippen LogP) is 5.12. The van der Waals surface area contributed by atoms with Gasteiger partial charge in [0.25, 0.3) is 10.0 Å². The summed E-state index contributed by atoms with van der Waals surface area (Å²) in [6.45, 7) is 1.40. The molecule has 1 N–H and O–H groups in total. The van der Waals surface area contributed by atoms with Crippen molar-refractivity contribution in [1.29, 1.82) is 0 Å². The lowest BCUT2D eigenvalue weighted by atomic mass is 10.1. The van der Waals surface area contributed by atoms with Gasteiger partial charge in [0.15, 0.2) is 0 Å². The molecule has 38 heavy (non-hydrogen) atoms. The maximum atomic E-state index is 13.9. The molecule has 3 aromatic carbocycles. The fourth-order valence-corrected chi connectivity index (χ4v) is 6.53. The maximum Gasteiger partial charge on any atom is 0.264 e. The van der Waals surface area contributed by atoms with Crippen molar-refractivity contribution in [2.75, 3.05) is 10.8 Å². The summed E-state index contributed by atoms with van der Waals surface area (Å²) >= 11 is 3.47. The van der Waals surface area contributed by atoms with Crippen LogP contribution in [0, 0.1) is 0 Å². The molecule has 0 spiro atoms. The molecular formula is C29H32BrN3O4S. The van der Waals surface area contributed by atoms with Crippen molar-refractivity contribution in [3.63, 3.8) is 0 Å². The Morgan fingerprint density at radius 1 is 0.947 bits per heavy atom. The predicted molar refractivity (Wildman–Crippen MR) is 152 cm³/mol. The van der Waals surface area contributed by atoms with Gasteiger partial charge < -0.3 is 10.2 Å². The molecule has 1 saturated carbocycles. The smallest absolute Gasteiger partial charge is 0.264 e. The summed E-state index contributed by atoms with van der Waals surface area (Å²) in [5, 5.41) is 3.08. The Bertz CT molecular complexity index is 1350. The topological polar surface area (TPSA) is 86.8 Å². The SMILES string of the molecule is CC(C(=O)NC1CCCC1)N(Cc1cccc(Br)c1)C(=O)CN(c1ccccc1)S(=O)(=O)c1ccccc1. The van der Waals surface area contributed by atoms with Gasteiger partial charge in [0, 0.05) is 17.1 Å². The van der Waals surface area contributed by atoms with E-state index in [1.807, 2.05) is 24.3 Å². The Kier molecular flexibility index (Phi) is 9.22. The standard InChI is InChI=1S/C29H32BrN3O4S/c1-22(29(35)31-25-13-8-9-14-25)32(20-23-11-10-12-24(30)19-23)28(34)21-33(26-15-4-2-5-16-26)38(36,37)27-17-6-3-7-18-27/h2-7,10-12,15-19,22,25H,8-9,13-14,20-21H2,1H3,(H,31,35). The Hall–Kier alpha value is -3.17. The molecule has 7 nitrogen and oxygen atoms in total. The van der Waals surface area contributed by atoms with Gasteiger partial charge >= 0.3 is 0 Å². The van der Waals surface area contributed by atoms with E-state index in [2.05, 4.69) is 21.2 Å². The van der Waals surface area contributed by atoms with Crippen molar-refractivity contribution in [2.24, 2.45) is 0 Å². The van der Waals surface area contributed by atoms with Crippen molar-refractivity contribution in [3.8, 4) is 0 Å². The van der Waals surface area contributed by atoms with E-state index >= 15 is 0 Å². The molecule has 1 fully saturated rings. The summed E-state index contributed by atoms with van der Waals surface area (Å²) in [5.41, 5.74) is 1.19. The molecule has 1 aliphatic carbocycles. The fraction of sp³-hybridized carbons (Fsp3) is 0.310. The van der Waals surface area contributed by atoms with Crippen LogP contribution >= 0.6 is 15.9 Å². The molecule has 200 valence electrons. The number of rotatable bonds is 10. The summed E-state index contributed by atoms with van der Waals surface area (Å²) in [6.07, 6.45) is 4.00. The van der Waals surface area contributed by atoms with Crippen LogP contribution in [0.2, 0.25) is 0 Å². The van der Waals surface area contributed by atoms with E-state index in [1.165, 1.54) is 17.0 Å². The van der Waals surface area contributed by atoms with E-state index in [0.717, 1.165) is 40.0 Å². The first-order valence-electron chi connectivity index (χ1n) is 12.7. The van der Waals surface area contributed by atoms with Gasteiger partial charge in [0.2, 0.25) is 11.8 Å². The quantitative estimate of drug-likeness (QED) is 0.351. The van der Waals surface area contributed by atoms with Crippen LogP contribution in [-0.4, -0.2) is 43.8 Å². The molecule has 1 unspecified atom stereocenters. The van der Waals surface area contributed by atoms with Crippen molar-refractivity contribution in [2.45, 2.75) is 56.1 Å². The number of halogens is 1. The average Bonchev–Trinajstić information content (AvgIpc) is 3.44. The molecule has 0 bridgehead atoms. The highest BCUT2D eigenvalue weighted by molar-refractivity contribution is 9.10. The molecule has 1 aliphatic rings. The number of hydrogen-bond acceptors (Lipinski definition) is 4. The van der Waals surface area contributed by atoms with Crippen LogP contribution in [0.25, 0.3) is 0 Å². The van der Waals surface area contributed by atoms with Crippen LogP contribution in [0.4, 0.5) is 5.69 Å². The number of hydrogen-bond donors (Lipinski definition) is 1. The maximum absolute atomic E-state index is 13.9. The van der Waals surface area contributed by atoms with Crippen LogP contribution in [0.5, 0.6) is 0 Å². The number of nitrogens with one attached hydrogen (secondary N) is 1. The zero-order valence-electron chi connectivity index (χ0n) is 21.3. The molecule has 4 rings (SSSR count). The Morgan fingerprint density at radius 3 is 2.21 bits per heavy atom. The first-order chi connectivity index (χ1) is 18.3. The van der Waals surface area contributed by atoms with Crippen molar-refractivity contribution < 1.29 is 18.0 Å². The summed E-state index contributed by atoms with van der Waals surface area (Å²) < 4.78 is 29.4. The van der Waals surface area contributed by atoms with E-state index in [-0.39, 0.29) is 23.4 Å². The molecule has 0 saturated heterocycles. The fourth-order valence-electron chi connectivity index (χ4n) is 4.65. The second-order valence-electron chi connectivity index (χ2n) is 9.48. The van der Waals surface area contributed by atoms with E-state index in [9.17, 15) is 18.0 Å². The summed E-state index contributed by atoms with van der Waals surface area (Å²) in [5.74, 6) is -0.708. The van der Waals surface area contributed by atoms with Crippen LogP contribution in [-0.2, 0) is 26.2 Å². The summed E-state index contributed by atoms with van der Waals surface area (Å²) in [7, 11) is -4.05. The van der Waals surface area contributed by atoms with E-state index in [4.69, 9.17) is 0 Å². The van der Waals surface area contributed by atoms with Gasteiger partial charge in [-0.3, -0.25) is 13.9 Å². The summed E-state index contributed by atoms with van der Waals surface area (Å²) in [4.78, 5) is 28.7. The number of carbonyl (C=O) groups excluding carboxylic acids is 2. The van der Waals surface area contributed by atoms with Crippen LogP contribution in [0.3, 0.4) is 0 Å². The first-order valence-corrected chi connectivity index (χ1v) is 15.0. The van der Waals surface area contributed by atoms with Crippen molar-refractivity contribution in [1.82, 2.24) is 10.2 Å². The number of sulfonamides is 1. The van der Waals surface area contributed by atoms with Gasteiger partial charge in [-0.1, -0.05) is 77.3 Å². The highest BCUT2D eigenvalue weighted by atomic mass is 79.9. The Balaban J connectivity index is 1.66. The molecule has 0 aliphatic heterocycles. The van der Waals surface area contributed by atoms with Gasteiger partial charge in [-0.05, 0) is 61.7 Å². The number of carbonyl (C=O) groups is 2. The number of anilines is 1. The highest BCUT2D eigenvalue weighted by Crippen LogP contribution is 2.25. The molecule has 3 aromatic rings. The minimum atomic E-state index is -4.05. The third kappa shape index (κ3) is 6.82. The number of benzene rings is 3. The minimum absolute atomic E-state index is 0.0854. The second kappa shape index (κ2) is 12.6. The average molecular weight is 599 g/mol. The monoisotopic (exact) mass is 597 g/mol.